The van der Waals surface area contributed by atoms with E-state index in [1.54, 1.807) is 0 Å². The minimum absolute atomic E-state index is 0. The summed E-state index contributed by atoms with van der Waals surface area (Å²) in [6, 6.07) is 8.22. The number of benzene rings is 1. The van der Waals surface area contributed by atoms with Gasteiger partial charge in [-0.15, -0.1) is 12.4 Å². The van der Waals surface area contributed by atoms with Crippen LogP contribution in [0.3, 0.4) is 0 Å². The highest BCUT2D eigenvalue weighted by Gasteiger charge is 2.22. The number of amidine groups is 1. The fraction of sp³-hybridized carbons (Fsp3) is 0.364. The first-order valence-corrected chi connectivity index (χ1v) is 4.88. The van der Waals surface area contributed by atoms with Gasteiger partial charge in [0.2, 0.25) is 0 Å². The first-order chi connectivity index (χ1) is 6.83. The van der Waals surface area contributed by atoms with Crippen molar-refractivity contribution in [2.24, 2.45) is 10.9 Å². The highest BCUT2D eigenvalue weighted by atomic mass is 35.5. The maximum absolute atomic E-state index is 8.68. The molecule has 1 aromatic rings. The van der Waals surface area contributed by atoms with Crippen molar-refractivity contribution in [2.45, 2.75) is 25.2 Å². The van der Waals surface area contributed by atoms with Crippen molar-refractivity contribution in [3.63, 3.8) is 0 Å². The summed E-state index contributed by atoms with van der Waals surface area (Å²) >= 11 is 0. The van der Waals surface area contributed by atoms with Crippen LogP contribution in [0.4, 0.5) is 0 Å². The minimum atomic E-state index is 0. The van der Waals surface area contributed by atoms with Crippen LogP contribution in [0.2, 0.25) is 0 Å². The Labute approximate surface area is 95.4 Å². The Hall–Kier alpha value is -1.22. The van der Waals surface area contributed by atoms with Crippen molar-refractivity contribution >= 4 is 18.2 Å². The molecular weight excluding hydrogens is 212 g/mol. The van der Waals surface area contributed by atoms with Crippen molar-refractivity contribution in [3.8, 4) is 0 Å². The van der Waals surface area contributed by atoms with E-state index in [1.807, 2.05) is 12.1 Å². The molecule has 1 aliphatic rings. The number of hydrogen-bond donors (Lipinski definition) is 2. The van der Waals surface area contributed by atoms with Crippen LogP contribution in [0, 0.1) is 0 Å². The zero-order chi connectivity index (χ0) is 9.97. The number of oxime groups is 1. The third-order valence-corrected chi connectivity index (χ3v) is 2.84. The number of hydrogen-bond acceptors (Lipinski definition) is 2. The van der Waals surface area contributed by atoms with E-state index in [1.165, 1.54) is 11.1 Å². The second-order valence-electron chi connectivity index (χ2n) is 3.67. The zero-order valence-corrected chi connectivity index (χ0v) is 9.20. The topological polar surface area (TPSA) is 58.6 Å². The molecule has 4 heteroatoms. The molecule has 0 radical (unpaired) electrons. The van der Waals surface area contributed by atoms with Crippen molar-refractivity contribution in [1.29, 1.82) is 0 Å². The third-order valence-electron chi connectivity index (χ3n) is 2.84. The van der Waals surface area contributed by atoms with Gasteiger partial charge in [-0.2, -0.15) is 0 Å². The standard InChI is InChI=1S/C11H14N2O.ClH/c12-11(13-14)10-7-3-5-8-4-1-2-6-9(8)10;/h1-2,4,6,10,14H,3,5,7H2,(H2,12,13);1H. The van der Waals surface area contributed by atoms with Gasteiger partial charge in [0.25, 0.3) is 0 Å². The maximum Gasteiger partial charge on any atom is 0.146 e. The maximum atomic E-state index is 8.68. The highest BCUT2D eigenvalue weighted by Crippen LogP contribution is 2.31. The van der Waals surface area contributed by atoms with Gasteiger partial charge in [-0.05, 0) is 30.4 Å². The smallest absolute Gasteiger partial charge is 0.146 e. The van der Waals surface area contributed by atoms with E-state index in [-0.39, 0.29) is 18.3 Å². The van der Waals surface area contributed by atoms with Crippen LogP contribution in [0.1, 0.15) is 29.9 Å². The van der Waals surface area contributed by atoms with Crippen LogP contribution in [0.15, 0.2) is 29.4 Å². The van der Waals surface area contributed by atoms with E-state index in [0.29, 0.717) is 5.84 Å². The van der Waals surface area contributed by atoms with Gasteiger partial charge in [0.1, 0.15) is 5.84 Å². The van der Waals surface area contributed by atoms with E-state index in [4.69, 9.17) is 10.9 Å². The van der Waals surface area contributed by atoms with Gasteiger partial charge < -0.3 is 10.9 Å². The molecule has 0 aromatic heterocycles. The van der Waals surface area contributed by atoms with Gasteiger partial charge in [0.15, 0.2) is 0 Å². The Morgan fingerprint density at radius 2 is 2.13 bits per heavy atom. The number of fused-ring (bicyclic) bond motifs is 1. The summed E-state index contributed by atoms with van der Waals surface area (Å²) in [5.74, 6) is 0.433. The monoisotopic (exact) mass is 226 g/mol. The summed E-state index contributed by atoms with van der Waals surface area (Å²) in [5.41, 5.74) is 8.21. The minimum Gasteiger partial charge on any atom is -0.409 e. The van der Waals surface area contributed by atoms with Crippen LogP contribution in [-0.4, -0.2) is 11.0 Å². The van der Waals surface area contributed by atoms with Crippen molar-refractivity contribution in [2.75, 3.05) is 0 Å². The summed E-state index contributed by atoms with van der Waals surface area (Å²) in [4.78, 5) is 0. The van der Waals surface area contributed by atoms with Crippen molar-refractivity contribution in [3.05, 3.63) is 35.4 Å². The summed E-state index contributed by atoms with van der Waals surface area (Å²) in [5, 5.41) is 11.8. The molecule has 2 rings (SSSR count). The zero-order valence-electron chi connectivity index (χ0n) is 8.39. The van der Waals surface area contributed by atoms with E-state index >= 15 is 0 Å². The Bertz CT molecular complexity index is 365. The highest BCUT2D eigenvalue weighted by molar-refractivity contribution is 5.87. The van der Waals surface area contributed by atoms with Crippen molar-refractivity contribution < 1.29 is 5.21 Å². The summed E-state index contributed by atoms with van der Waals surface area (Å²) in [7, 11) is 0. The Balaban J connectivity index is 0.00000112. The number of aryl methyl sites for hydroxylation is 1. The molecule has 1 aliphatic carbocycles. The second kappa shape index (κ2) is 5.03. The summed E-state index contributed by atoms with van der Waals surface area (Å²) in [6.07, 6.45) is 3.19. The van der Waals surface area contributed by atoms with Gasteiger partial charge in [0, 0.05) is 5.92 Å². The summed E-state index contributed by atoms with van der Waals surface area (Å²) < 4.78 is 0. The molecule has 3 nitrogen and oxygen atoms in total. The average molecular weight is 227 g/mol. The molecule has 1 unspecified atom stereocenters. The second-order valence-corrected chi connectivity index (χ2v) is 3.67. The van der Waals surface area contributed by atoms with Crippen LogP contribution in [-0.2, 0) is 6.42 Å². The van der Waals surface area contributed by atoms with E-state index in [9.17, 15) is 0 Å². The average Bonchev–Trinajstić information content (AvgIpc) is 2.27. The Kier molecular flexibility index (Phi) is 3.97. The lowest BCUT2D eigenvalue weighted by molar-refractivity contribution is 0.315. The Morgan fingerprint density at radius 3 is 2.87 bits per heavy atom. The third kappa shape index (κ3) is 2.23. The lowest BCUT2D eigenvalue weighted by Gasteiger charge is -2.24. The lowest BCUT2D eigenvalue weighted by Crippen LogP contribution is -2.25. The first kappa shape index (κ1) is 11.9. The SMILES string of the molecule is Cl.NC(=NO)C1CCCc2ccccc21. The molecule has 0 aliphatic heterocycles. The van der Waals surface area contributed by atoms with Crippen LogP contribution >= 0.6 is 12.4 Å². The predicted octanol–water partition coefficient (Wildman–Crippen LogP) is 2.27. The fourth-order valence-corrected chi connectivity index (χ4v) is 2.13. The van der Waals surface area contributed by atoms with Gasteiger partial charge >= 0.3 is 0 Å². The molecule has 3 N–H and O–H groups in total. The number of nitrogens with zero attached hydrogens (tertiary/aromatic N) is 1. The molecule has 0 bridgehead atoms. The van der Waals surface area contributed by atoms with Gasteiger partial charge in [0.05, 0.1) is 0 Å². The normalized spacial score (nSPS) is 20.3. The largest absolute Gasteiger partial charge is 0.409 e. The molecule has 1 aromatic carbocycles. The molecule has 0 spiro atoms. The van der Waals surface area contributed by atoms with Crippen molar-refractivity contribution in [1.82, 2.24) is 0 Å². The number of rotatable bonds is 1. The van der Waals surface area contributed by atoms with E-state index < -0.39 is 0 Å². The molecule has 1 atom stereocenters. The van der Waals surface area contributed by atoms with Crippen LogP contribution in [0.5, 0.6) is 0 Å². The Morgan fingerprint density at radius 1 is 1.40 bits per heavy atom. The summed E-state index contributed by atoms with van der Waals surface area (Å²) in [6.45, 7) is 0. The molecule has 0 saturated carbocycles. The molecule has 0 amide bonds. The quantitative estimate of drug-likeness (QED) is 0.334. The van der Waals surface area contributed by atoms with Gasteiger partial charge in [-0.1, -0.05) is 29.4 Å². The predicted molar refractivity (Wildman–Crippen MR) is 62.8 cm³/mol. The van der Waals surface area contributed by atoms with Gasteiger partial charge in [-0.25, -0.2) is 0 Å². The molecule has 0 saturated heterocycles. The molecular formula is C11H15ClN2O. The number of nitrogens with two attached hydrogens (primary N) is 1. The number of halogens is 1. The van der Waals surface area contributed by atoms with Gasteiger partial charge in [-0.3, -0.25) is 0 Å². The van der Waals surface area contributed by atoms with Crippen LogP contribution < -0.4 is 5.73 Å². The van der Waals surface area contributed by atoms with E-state index in [2.05, 4.69) is 17.3 Å². The molecule has 0 fully saturated rings. The molecule has 82 valence electrons. The van der Waals surface area contributed by atoms with E-state index in [0.717, 1.165) is 19.3 Å². The fourth-order valence-electron chi connectivity index (χ4n) is 2.13. The first-order valence-electron chi connectivity index (χ1n) is 4.88. The lowest BCUT2D eigenvalue weighted by atomic mass is 9.82. The molecule has 15 heavy (non-hydrogen) atoms. The molecule has 0 heterocycles. The van der Waals surface area contributed by atoms with Crippen LogP contribution in [0.25, 0.3) is 0 Å².